The number of pyridine rings is 1. The number of nitrogens with zero attached hydrogens (tertiary/aromatic N) is 6. The summed E-state index contributed by atoms with van der Waals surface area (Å²) in [6.07, 6.45) is 6.23. The third kappa shape index (κ3) is 6.45. The average molecular weight is 567 g/mol. The van der Waals surface area contributed by atoms with E-state index < -0.39 is 11.7 Å². The topological polar surface area (TPSA) is 110 Å². The van der Waals surface area contributed by atoms with Gasteiger partial charge in [-0.1, -0.05) is 12.0 Å². The summed E-state index contributed by atoms with van der Waals surface area (Å²) in [5.41, 5.74) is 5.07. The summed E-state index contributed by atoms with van der Waals surface area (Å²) in [5, 5.41) is 10.0. The molecule has 2 aromatic carbocycles. The molecule has 0 atom stereocenters. The fourth-order valence-electron chi connectivity index (χ4n) is 4.60. The van der Waals surface area contributed by atoms with E-state index in [0.29, 0.717) is 12.1 Å². The van der Waals surface area contributed by atoms with Crippen molar-refractivity contribution < 1.29 is 13.9 Å². The molecule has 0 aliphatic heterocycles. The number of benzene rings is 2. The molecule has 3 aromatic heterocycles. The smallest absolute Gasteiger partial charge is 0.300 e. The van der Waals surface area contributed by atoms with E-state index in [4.69, 9.17) is 4.74 Å². The maximum absolute atomic E-state index is 16.1. The Morgan fingerprint density at radius 3 is 2.76 bits per heavy atom. The first-order chi connectivity index (χ1) is 20.3. The second-order valence-corrected chi connectivity index (χ2v) is 10.1. The molecule has 0 aliphatic carbocycles. The highest BCUT2D eigenvalue weighted by Gasteiger charge is 2.21. The number of carbonyl (C=O) groups excluding carboxylic acids is 1. The van der Waals surface area contributed by atoms with Gasteiger partial charge in [-0.3, -0.25) is 4.79 Å². The Bertz CT molecular complexity index is 1820. The van der Waals surface area contributed by atoms with Crippen LogP contribution in [0.5, 0.6) is 5.75 Å². The predicted molar refractivity (Wildman–Crippen MR) is 160 cm³/mol. The standard InChI is InChI=1S/C31H31FN8O2/c1-5-7-27(41)38-30-25(42-13-6-11-39(3)4)17-24-28(29(30)32)31(35-18-33-24)37-23-9-8-22(20(2)14-23)15-21-10-12-40-26(16-21)34-19-36-40/h8-10,12,14,16-19H,6,11,13,15H2,1-4H3,(H,38,41)(H,33,35,37). The SMILES string of the molecule is CC#CC(=O)Nc1c(OCCCN(C)C)cc2ncnc(Nc3ccc(Cc4ccn5ncnc5c4)c(C)c3)c2c1F. The third-order valence-corrected chi connectivity index (χ3v) is 6.66. The van der Waals surface area contributed by atoms with Gasteiger partial charge in [-0.05, 0) is 87.7 Å². The molecule has 0 fully saturated rings. The molecular weight excluding hydrogens is 535 g/mol. The number of aryl methyl sites for hydroxylation is 1. The van der Waals surface area contributed by atoms with Crippen molar-refractivity contribution >= 4 is 39.6 Å². The van der Waals surface area contributed by atoms with Gasteiger partial charge in [0.15, 0.2) is 11.5 Å². The minimum atomic E-state index is -0.707. The lowest BCUT2D eigenvalue weighted by Gasteiger charge is -2.17. The first-order valence-corrected chi connectivity index (χ1v) is 13.5. The highest BCUT2D eigenvalue weighted by atomic mass is 19.1. The molecule has 5 rings (SSSR count). The number of hydrogen-bond acceptors (Lipinski definition) is 8. The fourth-order valence-corrected chi connectivity index (χ4v) is 4.60. The Morgan fingerprint density at radius 1 is 1.12 bits per heavy atom. The van der Waals surface area contributed by atoms with Crippen LogP contribution in [0.4, 0.5) is 21.6 Å². The molecule has 11 heteroatoms. The van der Waals surface area contributed by atoms with Crippen molar-refractivity contribution in [3.8, 4) is 17.6 Å². The van der Waals surface area contributed by atoms with Gasteiger partial charge < -0.3 is 20.3 Å². The lowest BCUT2D eigenvalue weighted by Crippen LogP contribution is -2.16. The second-order valence-electron chi connectivity index (χ2n) is 10.1. The molecule has 0 radical (unpaired) electrons. The molecule has 3 heterocycles. The number of halogens is 1. The minimum absolute atomic E-state index is 0.103. The Hall–Kier alpha value is -5.08. The summed E-state index contributed by atoms with van der Waals surface area (Å²) in [5.74, 6) is 4.01. The van der Waals surface area contributed by atoms with Gasteiger partial charge in [-0.25, -0.2) is 23.9 Å². The lowest BCUT2D eigenvalue weighted by atomic mass is 10.0. The van der Waals surface area contributed by atoms with Crippen LogP contribution in [0, 0.1) is 24.6 Å². The Morgan fingerprint density at radius 2 is 1.98 bits per heavy atom. The van der Waals surface area contributed by atoms with Crippen LogP contribution in [0.15, 0.2) is 55.2 Å². The number of anilines is 3. The van der Waals surface area contributed by atoms with E-state index in [1.54, 1.807) is 10.6 Å². The number of amides is 1. The van der Waals surface area contributed by atoms with Crippen molar-refractivity contribution in [2.45, 2.75) is 26.7 Å². The molecule has 0 aliphatic rings. The van der Waals surface area contributed by atoms with Gasteiger partial charge in [0.1, 0.15) is 29.9 Å². The Balaban J connectivity index is 1.43. The molecule has 0 unspecified atom stereocenters. The van der Waals surface area contributed by atoms with Gasteiger partial charge in [0.05, 0.1) is 17.5 Å². The maximum atomic E-state index is 16.1. The molecule has 0 saturated carbocycles. The normalized spacial score (nSPS) is 11.0. The molecule has 42 heavy (non-hydrogen) atoms. The molecule has 2 N–H and O–H groups in total. The van der Waals surface area contributed by atoms with Crippen molar-refractivity contribution in [2.24, 2.45) is 0 Å². The lowest BCUT2D eigenvalue weighted by molar-refractivity contribution is -0.111. The predicted octanol–water partition coefficient (Wildman–Crippen LogP) is 4.75. The number of aromatic nitrogens is 5. The maximum Gasteiger partial charge on any atom is 0.300 e. The van der Waals surface area contributed by atoms with Gasteiger partial charge >= 0.3 is 0 Å². The number of fused-ring (bicyclic) bond motifs is 2. The van der Waals surface area contributed by atoms with Gasteiger partial charge in [0, 0.05) is 24.5 Å². The van der Waals surface area contributed by atoms with Crippen LogP contribution in [-0.2, 0) is 11.2 Å². The van der Waals surface area contributed by atoms with E-state index in [1.165, 1.54) is 19.6 Å². The molecule has 0 bridgehead atoms. The number of carbonyl (C=O) groups is 1. The summed E-state index contributed by atoms with van der Waals surface area (Å²) >= 11 is 0. The summed E-state index contributed by atoms with van der Waals surface area (Å²) in [7, 11) is 3.93. The number of hydrogen-bond donors (Lipinski definition) is 2. The minimum Gasteiger partial charge on any atom is -0.491 e. The van der Waals surface area contributed by atoms with Gasteiger partial charge in [-0.15, -0.1) is 0 Å². The monoisotopic (exact) mass is 566 g/mol. The van der Waals surface area contributed by atoms with E-state index in [9.17, 15) is 4.79 Å². The zero-order valence-electron chi connectivity index (χ0n) is 23.9. The average Bonchev–Trinajstić information content (AvgIpc) is 3.42. The zero-order valence-corrected chi connectivity index (χ0v) is 23.9. The van der Waals surface area contributed by atoms with Crippen LogP contribution in [0.25, 0.3) is 16.6 Å². The van der Waals surface area contributed by atoms with E-state index in [0.717, 1.165) is 47.4 Å². The van der Waals surface area contributed by atoms with Crippen molar-refractivity contribution in [1.29, 1.82) is 0 Å². The summed E-state index contributed by atoms with van der Waals surface area (Å²) in [6, 6.07) is 11.6. The zero-order chi connectivity index (χ0) is 29.6. The second kappa shape index (κ2) is 12.6. The molecule has 214 valence electrons. The van der Waals surface area contributed by atoms with E-state index in [-0.39, 0.29) is 22.6 Å². The van der Waals surface area contributed by atoms with E-state index >= 15 is 4.39 Å². The van der Waals surface area contributed by atoms with Crippen LogP contribution in [-0.4, -0.2) is 62.6 Å². The summed E-state index contributed by atoms with van der Waals surface area (Å²) < 4.78 is 23.7. The van der Waals surface area contributed by atoms with Crippen LogP contribution in [0.1, 0.15) is 30.0 Å². The van der Waals surface area contributed by atoms with Crippen molar-refractivity contribution in [3.63, 3.8) is 0 Å². The molecule has 1 amide bonds. The highest BCUT2D eigenvalue weighted by molar-refractivity contribution is 6.07. The summed E-state index contributed by atoms with van der Waals surface area (Å²) in [4.78, 5) is 27.2. The van der Waals surface area contributed by atoms with Crippen LogP contribution >= 0.6 is 0 Å². The molecule has 0 spiro atoms. The van der Waals surface area contributed by atoms with Crippen molar-refractivity contribution in [3.05, 3.63) is 77.8 Å². The van der Waals surface area contributed by atoms with Crippen LogP contribution in [0.2, 0.25) is 0 Å². The third-order valence-electron chi connectivity index (χ3n) is 6.66. The van der Waals surface area contributed by atoms with Gasteiger partial charge in [0.25, 0.3) is 5.91 Å². The molecule has 0 saturated heterocycles. The summed E-state index contributed by atoms with van der Waals surface area (Å²) in [6.45, 7) is 4.69. The van der Waals surface area contributed by atoms with Crippen molar-refractivity contribution in [2.75, 3.05) is 37.9 Å². The number of rotatable bonds is 10. The first-order valence-electron chi connectivity index (χ1n) is 13.5. The Labute approximate surface area is 243 Å². The number of ether oxygens (including phenoxy) is 1. The van der Waals surface area contributed by atoms with Crippen molar-refractivity contribution in [1.82, 2.24) is 29.5 Å². The van der Waals surface area contributed by atoms with E-state index in [2.05, 4.69) is 42.5 Å². The van der Waals surface area contributed by atoms with E-state index in [1.807, 2.05) is 62.4 Å². The van der Waals surface area contributed by atoms with Crippen LogP contribution in [0.3, 0.4) is 0 Å². The molecule has 5 aromatic rings. The first kappa shape index (κ1) is 28.4. The molecule has 10 nitrogen and oxygen atoms in total. The molecular formula is C31H31FN8O2. The van der Waals surface area contributed by atoms with Gasteiger partial charge in [-0.2, -0.15) is 5.10 Å². The number of nitrogens with one attached hydrogen (secondary N) is 2. The fraction of sp³-hybridized carbons (Fsp3) is 0.258. The highest BCUT2D eigenvalue weighted by Crippen LogP contribution is 2.37. The Kier molecular flexibility index (Phi) is 8.55. The van der Waals surface area contributed by atoms with Gasteiger partial charge in [0.2, 0.25) is 0 Å². The quantitative estimate of drug-likeness (QED) is 0.184. The van der Waals surface area contributed by atoms with Crippen LogP contribution < -0.4 is 15.4 Å². The largest absolute Gasteiger partial charge is 0.491 e.